The first kappa shape index (κ1) is 21.2. The number of hydrogen-bond acceptors (Lipinski definition) is 6. The van der Waals surface area contributed by atoms with Gasteiger partial charge in [-0.2, -0.15) is 0 Å². The first-order chi connectivity index (χ1) is 14.6. The minimum atomic E-state index is -0.256. The summed E-state index contributed by atoms with van der Waals surface area (Å²) in [5, 5.41) is 13.9. The van der Waals surface area contributed by atoms with Gasteiger partial charge in [-0.15, -0.1) is 0 Å². The Morgan fingerprint density at radius 1 is 1.23 bits per heavy atom. The first-order valence-electron chi connectivity index (χ1n) is 9.62. The molecule has 1 aromatic heterocycles. The van der Waals surface area contributed by atoms with E-state index in [4.69, 9.17) is 20.3 Å². The van der Waals surface area contributed by atoms with Crippen molar-refractivity contribution in [2.24, 2.45) is 10.2 Å². The Balaban J connectivity index is 1.54. The van der Waals surface area contributed by atoms with Crippen LogP contribution >= 0.6 is 0 Å². The van der Waals surface area contributed by atoms with Gasteiger partial charge in [-0.05, 0) is 67.4 Å². The number of hydrogen-bond donors (Lipinski definition) is 1. The number of nitrogens with one attached hydrogen (secondary N) is 1. The Morgan fingerprint density at radius 3 is 2.70 bits per heavy atom. The monoisotopic (exact) mass is 410 g/mol. The summed E-state index contributed by atoms with van der Waals surface area (Å²) in [6, 6.07) is 6.63. The maximum Gasteiger partial charge on any atom is 0.251 e. The van der Waals surface area contributed by atoms with E-state index in [0.29, 0.717) is 29.2 Å². The zero-order chi connectivity index (χ0) is 21.3. The number of amides is 1. The summed E-state index contributed by atoms with van der Waals surface area (Å²) < 4.78 is 11.0. The molecule has 3 rings (SSSR count). The van der Waals surface area contributed by atoms with E-state index in [0.717, 1.165) is 31.4 Å². The number of aromatic nitrogens is 1. The third kappa shape index (κ3) is 5.99. The second-order valence-electron chi connectivity index (χ2n) is 7.16. The van der Waals surface area contributed by atoms with Crippen LogP contribution in [0.1, 0.15) is 53.1 Å². The predicted molar refractivity (Wildman–Crippen MR) is 108 cm³/mol. The normalized spacial score (nSPS) is 18.2. The van der Waals surface area contributed by atoms with Crippen molar-refractivity contribution in [2.45, 2.75) is 57.9 Å². The van der Waals surface area contributed by atoms with Gasteiger partial charge < -0.3 is 14.6 Å². The van der Waals surface area contributed by atoms with Gasteiger partial charge in [0.25, 0.3) is 5.91 Å². The molecule has 0 radical (unpaired) electrons. The summed E-state index contributed by atoms with van der Waals surface area (Å²) in [6.45, 7) is 2.32. The van der Waals surface area contributed by atoms with E-state index < -0.39 is 0 Å². The zero-order valence-electron chi connectivity index (χ0n) is 16.6. The number of carbonyl (C=O) groups is 1. The van der Waals surface area contributed by atoms with Crippen molar-refractivity contribution in [3.8, 4) is 0 Å². The zero-order valence-corrected chi connectivity index (χ0v) is 16.6. The Hall–Kier alpha value is -3.52. The van der Waals surface area contributed by atoms with Crippen molar-refractivity contribution in [3.05, 3.63) is 67.7 Å². The number of nitrogens with zero attached hydrogens (tertiary/aromatic N) is 7. The highest BCUT2D eigenvalue weighted by atomic mass is 16.5. The van der Waals surface area contributed by atoms with Gasteiger partial charge in [-0.3, -0.25) is 4.79 Å². The van der Waals surface area contributed by atoms with Crippen molar-refractivity contribution >= 4 is 11.6 Å². The molecule has 11 heteroatoms. The largest absolute Gasteiger partial charge is 0.370 e. The molecule has 1 heterocycles. The molecule has 1 fully saturated rings. The topological polar surface area (TPSA) is 162 Å². The van der Waals surface area contributed by atoms with Crippen LogP contribution in [-0.2, 0) is 17.9 Å². The molecule has 1 saturated carbocycles. The van der Waals surface area contributed by atoms with Gasteiger partial charge in [0, 0.05) is 33.2 Å². The summed E-state index contributed by atoms with van der Waals surface area (Å²) in [5.41, 5.74) is 19.3. The van der Waals surface area contributed by atoms with Crippen LogP contribution in [0.15, 0.2) is 39.0 Å². The van der Waals surface area contributed by atoms with Crippen molar-refractivity contribution in [3.63, 3.8) is 0 Å². The first-order valence-corrected chi connectivity index (χ1v) is 9.62. The number of azide groups is 2. The Kier molecular flexibility index (Phi) is 7.29. The average molecular weight is 410 g/mol. The fourth-order valence-corrected chi connectivity index (χ4v) is 3.45. The second-order valence-corrected chi connectivity index (χ2v) is 7.16. The Bertz CT molecular complexity index is 983. The number of benzene rings is 1. The molecule has 30 heavy (non-hydrogen) atoms. The summed E-state index contributed by atoms with van der Waals surface area (Å²) in [4.78, 5) is 18.2. The Morgan fingerprint density at radius 2 is 2.03 bits per heavy atom. The lowest BCUT2D eigenvalue weighted by Gasteiger charge is -2.29. The van der Waals surface area contributed by atoms with Gasteiger partial charge in [0.1, 0.15) is 6.61 Å². The highest BCUT2D eigenvalue weighted by molar-refractivity contribution is 5.95. The van der Waals surface area contributed by atoms with Crippen LogP contribution in [0.4, 0.5) is 5.69 Å². The molecule has 0 aliphatic heterocycles. The van der Waals surface area contributed by atoms with Crippen LogP contribution in [0.5, 0.6) is 0 Å². The molecule has 1 aliphatic rings. The van der Waals surface area contributed by atoms with Gasteiger partial charge in [0.15, 0.2) is 5.76 Å². The lowest BCUT2D eigenvalue weighted by molar-refractivity contribution is 0.00185. The fraction of sp³-hybridized carbons (Fsp3) is 0.474. The number of aryl methyl sites for hydroxylation is 1. The Labute approximate surface area is 172 Å². The number of carbonyl (C=O) groups excluding carboxylic acids is 1. The fourth-order valence-electron chi connectivity index (χ4n) is 3.45. The molecular weight excluding hydrogens is 388 g/mol. The van der Waals surface area contributed by atoms with Crippen molar-refractivity contribution in [1.29, 1.82) is 0 Å². The van der Waals surface area contributed by atoms with Crippen LogP contribution in [0.3, 0.4) is 0 Å². The average Bonchev–Trinajstić information content (AvgIpc) is 3.17. The van der Waals surface area contributed by atoms with E-state index >= 15 is 0 Å². The lowest BCUT2D eigenvalue weighted by atomic mass is 9.92. The highest BCUT2D eigenvalue weighted by Gasteiger charge is 2.24. The summed E-state index contributed by atoms with van der Waals surface area (Å²) in [7, 11) is 0. The van der Waals surface area contributed by atoms with Gasteiger partial charge >= 0.3 is 0 Å². The van der Waals surface area contributed by atoms with E-state index in [2.05, 4.69) is 30.5 Å². The van der Waals surface area contributed by atoms with Crippen LogP contribution in [0.2, 0.25) is 0 Å². The minimum Gasteiger partial charge on any atom is -0.370 e. The molecule has 1 aliphatic carbocycles. The highest BCUT2D eigenvalue weighted by Crippen LogP contribution is 2.24. The molecule has 0 unspecified atom stereocenters. The molecule has 0 atom stereocenters. The van der Waals surface area contributed by atoms with Crippen LogP contribution < -0.4 is 5.32 Å². The van der Waals surface area contributed by atoms with Gasteiger partial charge in [-0.25, -0.2) is 0 Å². The van der Waals surface area contributed by atoms with E-state index in [1.807, 2.05) is 13.0 Å². The minimum absolute atomic E-state index is 0.0357. The molecule has 11 nitrogen and oxygen atoms in total. The maximum atomic E-state index is 12.7. The van der Waals surface area contributed by atoms with E-state index in [1.54, 1.807) is 12.1 Å². The van der Waals surface area contributed by atoms with Crippen molar-refractivity contribution < 1.29 is 14.1 Å². The molecule has 0 bridgehead atoms. The molecule has 156 valence electrons. The third-order valence-electron chi connectivity index (χ3n) is 4.86. The van der Waals surface area contributed by atoms with Gasteiger partial charge in [-0.1, -0.05) is 15.4 Å². The van der Waals surface area contributed by atoms with Crippen LogP contribution in [0.25, 0.3) is 20.9 Å². The van der Waals surface area contributed by atoms with Crippen molar-refractivity contribution in [2.75, 3.05) is 0 Å². The predicted octanol–water partition coefficient (Wildman–Crippen LogP) is 4.99. The summed E-state index contributed by atoms with van der Waals surface area (Å²) in [5.74, 6) is 0.452. The van der Waals surface area contributed by atoms with Gasteiger partial charge in [0.2, 0.25) is 0 Å². The lowest BCUT2D eigenvalue weighted by Crippen LogP contribution is -2.39. The maximum absolute atomic E-state index is 12.7. The molecule has 1 N–H and O–H groups in total. The smallest absolute Gasteiger partial charge is 0.251 e. The molecule has 1 aromatic carbocycles. The van der Waals surface area contributed by atoms with Crippen LogP contribution in [-0.4, -0.2) is 23.2 Å². The number of rotatable bonds is 8. The summed E-state index contributed by atoms with van der Waals surface area (Å²) in [6.07, 6.45) is 3.38. The molecular formula is C19H22N8O3. The SMILES string of the molecule is Cc1cc(COC2CCC(NC(=O)c3cc(CN=[N+]=[N-])cc(N=[N+]=[N-])c3)CC2)on1. The van der Waals surface area contributed by atoms with E-state index in [9.17, 15) is 4.79 Å². The summed E-state index contributed by atoms with van der Waals surface area (Å²) >= 11 is 0. The molecule has 0 spiro atoms. The van der Waals surface area contributed by atoms with E-state index in [-0.39, 0.29) is 24.6 Å². The second kappa shape index (κ2) is 10.3. The third-order valence-corrected chi connectivity index (χ3v) is 4.86. The van der Waals surface area contributed by atoms with E-state index in [1.165, 1.54) is 6.07 Å². The standard InChI is InChI=1S/C19H22N8O3/c1-12-6-18(30-25-12)11-29-17-4-2-15(3-5-17)23-19(28)14-7-13(10-22-26-20)8-16(9-14)24-27-21/h6-9,15,17H,2-5,10-11H2,1H3,(H,23,28). The molecule has 2 aromatic rings. The number of ether oxygens (including phenoxy) is 1. The quantitative estimate of drug-likeness (QED) is 0.368. The van der Waals surface area contributed by atoms with Crippen molar-refractivity contribution in [1.82, 2.24) is 10.5 Å². The van der Waals surface area contributed by atoms with Gasteiger partial charge in [0.05, 0.1) is 18.3 Å². The van der Waals surface area contributed by atoms with Crippen LogP contribution in [0, 0.1) is 6.92 Å². The molecule has 0 saturated heterocycles. The molecule has 1 amide bonds.